The molecule has 1 aromatic carbocycles. The molecule has 2 unspecified atom stereocenters. The summed E-state index contributed by atoms with van der Waals surface area (Å²) in [7, 11) is 0. The van der Waals surface area contributed by atoms with E-state index in [1.54, 1.807) is 21.9 Å². The van der Waals surface area contributed by atoms with Crippen LogP contribution >= 0.6 is 0 Å². The van der Waals surface area contributed by atoms with E-state index in [1.807, 2.05) is 0 Å². The molecule has 2 aliphatic heterocycles. The summed E-state index contributed by atoms with van der Waals surface area (Å²) < 4.78 is 69.0. The van der Waals surface area contributed by atoms with Crippen LogP contribution in [0.4, 0.5) is 10.3 Å². The molecule has 0 radical (unpaired) electrons. The summed E-state index contributed by atoms with van der Waals surface area (Å²) in [5.41, 5.74) is -1.02. The van der Waals surface area contributed by atoms with Crippen LogP contribution in [-0.2, 0) is 0 Å². The molecule has 158 valence electrons. The van der Waals surface area contributed by atoms with Crippen molar-refractivity contribution >= 4 is 11.9 Å². The Morgan fingerprint density at radius 2 is 1.74 bits per heavy atom. The first-order valence-electron chi connectivity index (χ1n) is 13.3. The second-order valence-electron chi connectivity index (χ2n) is 7.72. The van der Waals surface area contributed by atoms with Gasteiger partial charge in [-0.2, -0.15) is 0 Å². The SMILES string of the molecule is [2H]c1c(C([2H])([2H])[2H])nc(N2CC3CN(C(=O)c4cccc(F)c4-c4ncccn4)CC3C2)nc1C([2H])([2H])[2H]. The maximum Gasteiger partial charge on any atom is 0.254 e. The van der Waals surface area contributed by atoms with E-state index < -0.39 is 37.0 Å². The molecule has 0 N–H and O–H groups in total. The van der Waals surface area contributed by atoms with Crippen LogP contribution in [0.25, 0.3) is 11.4 Å². The molecule has 0 bridgehead atoms. The minimum absolute atomic E-state index is 0.0179. The zero-order chi connectivity index (χ0) is 27.4. The number of hydrogen-bond acceptors (Lipinski definition) is 6. The van der Waals surface area contributed by atoms with Gasteiger partial charge >= 0.3 is 0 Å². The fourth-order valence-electron chi connectivity index (χ4n) is 4.38. The zero-order valence-electron chi connectivity index (χ0n) is 23.4. The summed E-state index contributed by atoms with van der Waals surface area (Å²) in [6.45, 7) is -4.10. The number of anilines is 1. The highest BCUT2D eigenvalue weighted by Gasteiger charge is 2.43. The second-order valence-corrected chi connectivity index (χ2v) is 7.72. The van der Waals surface area contributed by atoms with Crippen molar-refractivity contribution < 1.29 is 18.8 Å². The van der Waals surface area contributed by atoms with Crippen LogP contribution in [0.1, 0.15) is 31.3 Å². The number of carbonyl (C=O) groups excluding carboxylic acids is 1. The van der Waals surface area contributed by atoms with Crippen molar-refractivity contribution in [1.82, 2.24) is 24.8 Å². The van der Waals surface area contributed by atoms with Gasteiger partial charge in [0.05, 0.1) is 12.5 Å². The molecule has 2 atom stereocenters. The number of amides is 1. The van der Waals surface area contributed by atoms with Crippen LogP contribution in [0.15, 0.2) is 42.7 Å². The van der Waals surface area contributed by atoms with Gasteiger partial charge in [0, 0.05) is 70.0 Å². The second kappa shape index (κ2) is 7.68. The van der Waals surface area contributed by atoms with E-state index >= 15 is 0 Å². The largest absolute Gasteiger partial charge is 0.340 e. The highest BCUT2D eigenvalue weighted by molar-refractivity contribution is 6.00. The van der Waals surface area contributed by atoms with Gasteiger partial charge in [0.25, 0.3) is 5.91 Å². The standard InChI is InChI=1S/C23H23FN6O/c1-14-9-15(2)28-23(27-14)30-12-16-10-29(11-17(16)13-30)22(31)18-5-3-6-19(24)20(18)21-25-7-4-8-26-21/h3-9,16-17H,10-13H2,1-2H3/i1D3,2D3,9D. The predicted molar refractivity (Wildman–Crippen MR) is 114 cm³/mol. The summed E-state index contributed by atoms with van der Waals surface area (Å²) >= 11 is 0. The van der Waals surface area contributed by atoms with Crippen molar-refractivity contribution in [2.75, 3.05) is 31.1 Å². The number of carbonyl (C=O) groups is 1. The van der Waals surface area contributed by atoms with Crippen molar-refractivity contribution in [2.24, 2.45) is 11.8 Å². The number of aryl methyl sites for hydroxylation is 2. The lowest BCUT2D eigenvalue weighted by atomic mass is 10.0. The Hall–Kier alpha value is -3.42. The van der Waals surface area contributed by atoms with E-state index in [4.69, 9.17) is 9.60 Å². The van der Waals surface area contributed by atoms with Crippen molar-refractivity contribution in [1.29, 1.82) is 0 Å². The minimum Gasteiger partial charge on any atom is -0.340 e. The molecule has 8 heteroatoms. The van der Waals surface area contributed by atoms with Gasteiger partial charge in [0.15, 0.2) is 5.82 Å². The lowest BCUT2D eigenvalue weighted by Crippen LogP contribution is -2.34. The van der Waals surface area contributed by atoms with Crippen LogP contribution in [0, 0.1) is 31.4 Å². The molecule has 31 heavy (non-hydrogen) atoms. The Bertz CT molecular complexity index is 1340. The Kier molecular flexibility index (Phi) is 3.24. The third kappa shape index (κ3) is 3.62. The van der Waals surface area contributed by atoms with Crippen LogP contribution in [0.5, 0.6) is 0 Å². The van der Waals surface area contributed by atoms with Gasteiger partial charge in [-0.05, 0) is 37.9 Å². The van der Waals surface area contributed by atoms with Gasteiger partial charge in [-0.3, -0.25) is 4.79 Å². The highest BCUT2D eigenvalue weighted by Crippen LogP contribution is 2.35. The average Bonchev–Trinajstić information content (AvgIpc) is 3.42. The van der Waals surface area contributed by atoms with E-state index in [9.17, 15) is 9.18 Å². The van der Waals surface area contributed by atoms with E-state index in [2.05, 4.69) is 19.9 Å². The first-order valence-corrected chi connectivity index (χ1v) is 9.84. The average molecular weight is 426 g/mol. The van der Waals surface area contributed by atoms with Gasteiger partial charge in [-0.15, -0.1) is 0 Å². The zero-order valence-corrected chi connectivity index (χ0v) is 16.4. The number of halogens is 1. The van der Waals surface area contributed by atoms with Gasteiger partial charge < -0.3 is 9.80 Å². The molecule has 2 aliphatic rings. The van der Waals surface area contributed by atoms with Gasteiger partial charge in [0.1, 0.15) is 5.82 Å². The van der Waals surface area contributed by atoms with Crippen molar-refractivity contribution in [3.05, 3.63) is 65.5 Å². The van der Waals surface area contributed by atoms with Crippen LogP contribution in [-0.4, -0.2) is 56.9 Å². The third-order valence-electron chi connectivity index (χ3n) is 5.75. The summed E-state index contributed by atoms with van der Waals surface area (Å²) in [4.78, 5) is 33.1. The maximum atomic E-state index is 14.7. The Morgan fingerprint density at radius 1 is 1.06 bits per heavy atom. The molecule has 0 saturated carbocycles. The number of likely N-dealkylation sites (tertiary alicyclic amines) is 1. The topological polar surface area (TPSA) is 75.1 Å². The van der Waals surface area contributed by atoms with Crippen molar-refractivity contribution in [2.45, 2.75) is 13.7 Å². The minimum atomic E-state index is -2.78. The molecule has 7 nitrogen and oxygen atoms in total. The fraction of sp³-hybridized carbons (Fsp3) is 0.348. The van der Waals surface area contributed by atoms with E-state index in [-0.39, 0.29) is 40.6 Å². The van der Waals surface area contributed by atoms with Crippen LogP contribution in [0.3, 0.4) is 0 Å². The van der Waals surface area contributed by atoms with Crippen LogP contribution < -0.4 is 4.90 Å². The fourth-order valence-corrected chi connectivity index (χ4v) is 4.38. The number of hydrogen-bond donors (Lipinski definition) is 0. The van der Waals surface area contributed by atoms with Crippen LogP contribution in [0.2, 0.25) is 0 Å². The Labute approximate surface area is 189 Å². The number of nitrogens with zero attached hydrogens (tertiary/aromatic N) is 6. The van der Waals surface area contributed by atoms with Gasteiger partial charge in [-0.25, -0.2) is 24.3 Å². The lowest BCUT2D eigenvalue weighted by molar-refractivity contribution is 0.0783. The number of rotatable bonds is 3. The molecule has 0 spiro atoms. The summed E-state index contributed by atoms with van der Waals surface area (Å²) in [6.07, 6.45) is 2.95. The van der Waals surface area contributed by atoms with Crippen molar-refractivity contribution in [3.63, 3.8) is 0 Å². The first kappa shape index (κ1) is 13.1. The molecule has 1 amide bonds. The van der Waals surface area contributed by atoms with Crippen molar-refractivity contribution in [3.8, 4) is 11.4 Å². The first-order chi connectivity index (χ1) is 17.8. The Balaban J connectivity index is 1.38. The number of aromatic nitrogens is 4. The van der Waals surface area contributed by atoms with E-state index in [0.717, 1.165) is 0 Å². The Morgan fingerprint density at radius 3 is 2.39 bits per heavy atom. The summed E-state index contributed by atoms with van der Waals surface area (Å²) in [5, 5.41) is 0. The molecule has 2 saturated heterocycles. The lowest BCUT2D eigenvalue weighted by Gasteiger charge is -2.23. The van der Waals surface area contributed by atoms with Gasteiger partial charge in [-0.1, -0.05) is 6.07 Å². The monoisotopic (exact) mass is 425 g/mol. The summed E-state index contributed by atoms with van der Waals surface area (Å²) in [6, 6.07) is 5.15. The molecule has 2 fully saturated rings. The molecule has 3 aromatic rings. The highest BCUT2D eigenvalue weighted by atomic mass is 19.1. The van der Waals surface area contributed by atoms with Gasteiger partial charge in [0.2, 0.25) is 5.95 Å². The predicted octanol–water partition coefficient (Wildman–Crippen LogP) is 2.90. The molecule has 0 aliphatic carbocycles. The quantitative estimate of drug-likeness (QED) is 0.642. The smallest absolute Gasteiger partial charge is 0.254 e. The number of benzene rings is 1. The summed E-state index contributed by atoms with van der Waals surface area (Å²) in [5.74, 6) is -0.926. The van der Waals surface area contributed by atoms with E-state index in [0.29, 0.717) is 26.2 Å². The molecule has 5 rings (SSSR count). The third-order valence-corrected chi connectivity index (χ3v) is 5.75. The molecule has 4 heterocycles. The normalized spacial score (nSPS) is 24.4. The molecular formula is C23H23FN6O. The maximum absolute atomic E-state index is 14.7. The molecular weight excluding hydrogens is 395 g/mol. The van der Waals surface area contributed by atoms with E-state index in [1.165, 1.54) is 24.5 Å². The number of fused-ring (bicyclic) bond motifs is 1. The molecule has 2 aromatic heterocycles.